The molecule has 0 spiro atoms. The van der Waals surface area contributed by atoms with Gasteiger partial charge in [-0.25, -0.2) is 8.42 Å². The van der Waals surface area contributed by atoms with Gasteiger partial charge in [0.25, 0.3) is 10.0 Å². The van der Waals surface area contributed by atoms with Gasteiger partial charge >= 0.3 is 0 Å². The molecule has 0 atom stereocenters. The van der Waals surface area contributed by atoms with E-state index < -0.39 is 10.0 Å². The summed E-state index contributed by atoms with van der Waals surface area (Å²) < 4.78 is 27.7. The van der Waals surface area contributed by atoms with Crippen molar-refractivity contribution in [2.45, 2.75) is 11.8 Å². The van der Waals surface area contributed by atoms with Crippen molar-refractivity contribution in [3.63, 3.8) is 0 Å². The molecule has 0 aliphatic rings. The van der Waals surface area contributed by atoms with Crippen molar-refractivity contribution in [3.05, 3.63) is 78.6 Å². The van der Waals surface area contributed by atoms with Crippen molar-refractivity contribution in [1.82, 2.24) is 4.98 Å². The van der Waals surface area contributed by atoms with Crippen molar-refractivity contribution in [3.8, 4) is 11.1 Å². The summed E-state index contributed by atoms with van der Waals surface area (Å²) in [7, 11) is -3.63. The van der Waals surface area contributed by atoms with Gasteiger partial charge in [0.1, 0.15) is 0 Å². The number of hydrogen-bond donors (Lipinski definition) is 1. The van der Waals surface area contributed by atoms with Gasteiger partial charge in [0.05, 0.1) is 16.8 Å². The zero-order chi connectivity index (χ0) is 16.3. The van der Waals surface area contributed by atoms with Crippen LogP contribution in [0.5, 0.6) is 0 Å². The molecule has 0 aliphatic heterocycles. The average molecular weight is 324 g/mol. The van der Waals surface area contributed by atoms with Crippen LogP contribution in [-0.4, -0.2) is 13.4 Å². The summed E-state index contributed by atoms with van der Waals surface area (Å²) in [6, 6.07) is 18.4. The van der Waals surface area contributed by atoms with E-state index in [1.54, 1.807) is 37.4 Å². The van der Waals surface area contributed by atoms with E-state index in [2.05, 4.69) is 9.71 Å². The minimum absolute atomic E-state index is 0.269. The first-order valence-electron chi connectivity index (χ1n) is 7.15. The summed E-state index contributed by atoms with van der Waals surface area (Å²) in [5.74, 6) is 0. The first-order chi connectivity index (χ1) is 11.1. The van der Waals surface area contributed by atoms with Crippen LogP contribution in [0.1, 0.15) is 5.56 Å². The van der Waals surface area contributed by atoms with E-state index in [1.807, 2.05) is 36.4 Å². The topological polar surface area (TPSA) is 59.1 Å². The number of nitrogens with zero attached hydrogens (tertiary/aromatic N) is 1. The molecule has 0 amide bonds. The third kappa shape index (κ3) is 3.40. The van der Waals surface area contributed by atoms with Gasteiger partial charge in [-0.2, -0.15) is 0 Å². The van der Waals surface area contributed by atoms with Crippen LogP contribution in [0, 0.1) is 6.92 Å². The summed E-state index contributed by atoms with van der Waals surface area (Å²) in [5, 5.41) is 0. The van der Waals surface area contributed by atoms with E-state index >= 15 is 0 Å². The van der Waals surface area contributed by atoms with Crippen LogP contribution >= 0.6 is 0 Å². The molecule has 0 saturated carbocycles. The van der Waals surface area contributed by atoms with Crippen LogP contribution in [0.25, 0.3) is 11.1 Å². The second kappa shape index (κ2) is 6.22. The lowest BCUT2D eigenvalue weighted by Crippen LogP contribution is -2.14. The Morgan fingerprint density at radius 1 is 0.870 bits per heavy atom. The number of anilines is 1. The van der Waals surface area contributed by atoms with Gasteiger partial charge in [0.2, 0.25) is 0 Å². The predicted octanol–water partition coefficient (Wildman–Crippen LogP) is 3.86. The SMILES string of the molecule is Cc1ccccc1S(=O)(=O)Nc1cncc(-c2ccccc2)c1. The van der Waals surface area contributed by atoms with E-state index in [4.69, 9.17) is 0 Å². The molecule has 5 heteroatoms. The number of hydrogen-bond acceptors (Lipinski definition) is 3. The number of aromatic nitrogens is 1. The highest BCUT2D eigenvalue weighted by Gasteiger charge is 2.16. The second-order valence-corrected chi connectivity index (χ2v) is 6.85. The van der Waals surface area contributed by atoms with Crippen LogP contribution in [0.15, 0.2) is 78.0 Å². The highest BCUT2D eigenvalue weighted by atomic mass is 32.2. The van der Waals surface area contributed by atoms with Gasteiger partial charge in [-0.15, -0.1) is 0 Å². The number of pyridine rings is 1. The Labute approximate surface area is 135 Å². The van der Waals surface area contributed by atoms with Gasteiger partial charge in [0, 0.05) is 11.8 Å². The molecule has 0 fully saturated rings. The van der Waals surface area contributed by atoms with E-state index in [-0.39, 0.29) is 4.90 Å². The molecular formula is C18H16N2O2S. The molecule has 0 unspecified atom stereocenters. The van der Waals surface area contributed by atoms with Crippen molar-refractivity contribution < 1.29 is 8.42 Å². The predicted molar refractivity (Wildman–Crippen MR) is 91.7 cm³/mol. The Balaban J connectivity index is 1.93. The lowest BCUT2D eigenvalue weighted by Gasteiger charge is -2.11. The Bertz CT molecular complexity index is 923. The smallest absolute Gasteiger partial charge is 0.262 e. The maximum atomic E-state index is 12.5. The Morgan fingerprint density at radius 3 is 2.30 bits per heavy atom. The third-order valence-corrected chi connectivity index (χ3v) is 5.02. The van der Waals surface area contributed by atoms with Gasteiger partial charge in [0.15, 0.2) is 0 Å². The van der Waals surface area contributed by atoms with Crippen LogP contribution < -0.4 is 4.72 Å². The lowest BCUT2D eigenvalue weighted by atomic mass is 10.1. The summed E-state index contributed by atoms with van der Waals surface area (Å²) in [6.45, 7) is 1.77. The quantitative estimate of drug-likeness (QED) is 0.793. The van der Waals surface area contributed by atoms with Crippen molar-refractivity contribution in [2.75, 3.05) is 4.72 Å². The Kier molecular flexibility index (Phi) is 4.12. The Morgan fingerprint density at radius 2 is 1.57 bits per heavy atom. The normalized spacial score (nSPS) is 11.2. The zero-order valence-electron chi connectivity index (χ0n) is 12.6. The number of sulfonamides is 1. The van der Waals surface area contributed by atoms with Crippen molar-refractivity contribution in [1.29, 1.82) is 0 Å². The molecule has 23 heavy (non-hydrogen) atoms. The summed E-state index contributed by atoms with van der Waals surface area (Å²) in [4.78, 5) is 4.40. The van der Waals surface area contributed by atoms with Gasteiger partial charge < -0.3 is 0 Å². The molecule has 2 aromatic carbocycles. The van der Waals surface area contributed by atoms with Crippen molar-refractivity contribution in [2.24, 2.45) is 0 Å². The monoisotopic (exact) mass is 324 g/mol. The molecule has 1 heterocycles. The van der Waals surface area contributed by atoms with E-state index in [1.165, 1.54) is 6.20 Å². The zero-order valence-corrected chi connectivity index (χ0v) is 13.4. The fourth-order valence-electron chi connectivity index (χ4n) is 2.35. The molecule has 0 aliphatic carbocycles. The van der Waals surface area contributed by atoms with Gasteiger partial charge in [-0.1, -0.05) is 48.5 Å². The van der Waals surface area contributed by atoms with Crippen molar-refractivity contribution >= 4 is 15.7 Å². The van der Waals surface area contributed by atoms with Crippen LogP contribution in [0.3, 0.4) is 0 Å². The highest BCUT2D eigenvalue weighted by molar-refractivity contribution is 7.92. The molecule has 1 N–H and O–H groups in total. The van der Waals surface area contributed by atoms with Crippen LogP contribution in [0.2, 0.25) is 0 Å². The van der Waals surface area contributed by atoms with Gasteiger partial charge in [-0.3, -0.25) is 9.71 Å². The summed E-state index contributed by atoms with van der Waals surface area (Å²) in [5.41, 5.74) is 2.98. The van der Waals surface area contributed by atoms with Crippen LogP contribution in [-0.2, 0) is 10.0 Å². The maximum absolute atomic E-state index is 12.5. The maximum Gasteiger partial charge on any atom is 0.262 e. The average Bonchev–Trinajstić information content (AvgIpc) is 2.56. The largest absolute Gasteiger partial charge is 0.278 e. The lowest BCUT2D eigenvalue weighted by molar-refractivity contribution is 0.600. The fraction of sp³-hybridized carbons (Fsp3) is 0.0556. The molecule has 3 aromatic rings. The number of aryl methyl sites for hydroxylation is 1. The number of rotatable bonds is 4. The standard InChI is InChI=1S/C18H16N2O2S/c1-14-7-5-6-10-18(14)23(21,22)20-17-11-16(12-19-13-17)15-8-3-2-4-9-15/h2-13,20H,1H3. The second-order valence-electron chi connectivity index (χ2n) is 5.20. The van der Waals surface area contributed by atoms with Gasteiger partial charge in [-0.05, 0) is 30.2 Å². The minimum atomic E-state index is -3.63. The van der Waals surface area contributed by atoms with Crippen LogP contribution in [0.4, 0.5) is 5.69 Å². The molecule has 0 bridgehead atoms. The first kappa shape index (κ1) is 15.2. The molecule has 0 saturated heterocycles. The van der Waals surface area contributed by atoms with E-state index in [9.17, 15) is 8.42 Å². The Hall–Kier alpha value is -2.66. The minimum Gasteiger partial charge on any atom is -0.278 e. The molecule has 3 rings (SSSR count). The first-order valence-corrected chi connectivity index (χ1v) is 8.63. The molecule has 1 aromatic heterocycles. The fourth-order valence-corrected chi connectivity index (χ4v) is 3.63. The summed E-state index contributed by atoms with van der Waals surface area (Å²) in [6.07, 6.45) is 3.21. The van der Waals surface area contributed by atoms with E-state index in [0.717, 1.165) is 11.1 Å². The number of nitrogens with one attached hydrogen (secondary N) is 1. The molecule has 4 nitrogen and oxygen atoms in total. The highest BCUT2D eigenvalue weighted by Crippen LogP contribution is 2.23. The molecule has 116 valence electrons. The molecule has 0 radical (unpaired) electrons. The summed E-state index contributed by atoms with van der Waals surface area (Å²) >= 11 is 0. The van der Waals surface area contributed by atoms with E-state index in [0.29, 0.717) is 11.3 Å². The third-order valence-electron chi connectivity index (χ3n) is 3.48. The number of benzene rings is 2. The molecular weight excluding hydrogens is 308 g/mol.